The molecule has 0 radical (unpaired) electrons. The quantitative estimate of drug-likeness (QED) is 0.140. The van der Waals surface area contributed by atoms with E-state index in [0.717, 1.165) is 84.8 Å². The van der Waals surface area contributed by atoms with Gasteiger partial charge in [0.15, 0.2) is 5.82 Å². The minimum Gasteiger partial charge on any atom is -0.355 e. The first-order valence-corrected chi connectivity index (χ1v) is 22.3. The Morgan fingerprint density at radius 3 is 2.11 bits per heavy atom. The molecule has 65 heavy (non-hydrogen) atoms. The van der Waals surface area contributed by atoms with Crippen LogP contribution in [0, 0.1) is 0 Å². The molecule has 0 aliphatic heterocycles. The summed E-state index contributed by atoms with van der Waals surface area (Å²) in [5.41, 5.74) is 22.8. The van der Waals surface area contributed by atoms with Gasteiger partial charge in [-0.3, -0.25) is 4.99 Å². The average Bonchev–Trinajstić information content (AvgIpc) is 3.37. The van der Waals surface area contributed by atoms with Gasteiger partial charge in [-0.25, -0.2) is 9.97 Å². The second-order valence-electron chi connectivity index (χ2n) is 16.8. The van der Waals surface area contributed by atoms with Gasteiger partial charge in [-0.2, -0.15) is 0 Å². The lowest BCUT2D eigenvalue weighted by Gasteiger charge is -2.34. The van der Waals surface area contributed by atoms with E-state index in [1.807, 2.05) is 30.5 Å². The maximum atomic E-state index is 5.32. The molecule has 0 bridgehead atoms. The largest absolute Gasteiger partial charge is 0.355 e. The summed E-state index contributed by atoms with van der Waals surface area (Å²) in [5.74, 6) is 0.961. The van der Waals surface area contributed by atoms with Gasteiger partial charge in [0.2, 0.25) is 0 Å². The highest BCUT2D eigenvalue weighted by Crippen LogP contribution is 2.49. The molecule has 11 rings (SSSR count). The number of anilines is 2. The minimum atomic E-state index is 0.264. The van der Waals surface area contributed by atoms with Gasteiger partial charge in [-0.05, 0) is 134 Å². The molecule has 4 heteroatoms. The SMILES string of the molecule is C/C=C\c1cc(-c2cc(-c3cc(-c4ccccc4)nc(-c4ccccc4)n3)cc(-c3ccc4c5c3C=CC3=CC=CC(=CC4)C35)c2)ccc1Nc1cccc(-c2ccc(C=NC)cc2)c1. The Bertz CT molecular complexity index is 3250. The van der Waals surface area contributed by atoms with Gasteiger partial charge in [0, 0.05) is 47.2 Å². The van der Waals surface area contributed by atoms with Crippen molar-refractivity contribution in [3.05, 3.63) is 239 Å². The Labute approximate surface area is 381 Å². The van der Waals surface area contributed by atoms with Gasteiger partial charge in [0.25, 0.3) is 0 Å². The Kier molecular flexibility index (Phi) is 10.5. The maximum Gasteiger partial charge on any atom is 0.160 e. The van der Waals surface area contributed by atoms with Gasteiger partial charge >= 0.3 is 0 Å². The molecule has 0 amide bonds. The molecule has 1 heterocycles. The van der Waals surface area contributed by atoms with Gasteiger partial charge in [0.05, 0.1) is 11.4 Å². The summed E-state index contributed by atoms with van der Waals surface area (Å²) in [4.78, 5) is 14.6. The van der Waals surface area contributed by atoms with E-state index in [9.17, 15) is 0 Å². The molecule has 1 aromatic heterocycles. The molecule has 310 valence electrons. The zero-order valence-corrected chi connectivity index (χ0v) is 36.4. The van der Waals surface area contributed by atoms with E-state index in [2.05, 4.69) is 205 Å². The van der Waals surface area contributed by atoms with Crippen molar-refractivity contribution < 1.29 is 0 Å². The van der Waals surface area contributed by atoms with E-state index < -0.39 is 0 Å². The van der Waals surface area contributed by atoms with Gasteiger partial charge in [-0.1, -0.05) is 164 Å². The third kappa shape index (κ3) is 7.81. The molecule has 3 aliphatic carbocycles. The summed E-state index contributed by atoms with van der Waals surface area (Å²) in [6, 6.07) is 58.4. The smallest absolute Gasteiger partial charge is 0.160 e. The lowest BCUT2D eigenvalue weighted by Crippen LogP contribution is -2.17. The van der Waals surface area contributed by atoms with Crippen LogP contribution < -0.4 is 5.32 Å². The summed E-state index contributed by atoms with van der Waals surface area (Å²) in [7, 11) is 1.80. The summed E-state index contributed by atoms with van der Waals surface area (Å²) >= 11 is 0. The first-order valence-electron chi connectivity index (χ1n) is 22.3. The molecular formula is C61H46N4. The Morgan fingerprint density at radius 2 is 1.31 bits per heavy atom. The summed E-state index contributed by atoms with van der Waals surface area (Å²) in [6.07, 6.45) is 20.9. The molecule has 1 N–H and O–H groups in total. The lowest BCUT2D eigenvalue weighted by molar-refractivity contribution is 0.893. The molecule has 8 aromatic rings. The number of aliphatic imine (C=N–C) groups is 1. The van der Waals surface area contributed by atoms with Gasteiger partial charge in [0.1, 0.15) is 0 Å². The lowest BCUT2D eigenvalue weighted by atomic mass is 9.70. The number of nitrogens with zero attached hydrogens (tertiary/aromatic N) is 3. The summed E-state index contributed by atoms with van der Waals surface area (Å²) < 4.78 is 0. The number of nitrogens with one attached hydrogen (secondary N) is 1. The molecule has 7 aromatic carbocycles. The van der Waals surface area contributed by atoms with E-state index in [4.69, 9.17) is 9.97 Å². The average molecular weight is 835 g/mol. The van der Waals surface area contributed by atoms with Crippen molar-refractivity contribution in [3.63, 3.8) is 0 Å². The van der Waals surface area contributed by atoms with Crippen LogP contribution in [-0.4, -0.2) is 23.2 Å². The highest BCUT2D eigenvalue weighted by molar-refractivity contribution is 5.90. The Balaban J connectivity index is 1.05. The van der Waals surface area contributed by atoms with Crippen molar-refractivity contribution in [2.24, 2.45) is 4.99 Å². The van der Waals surface area contributed by atoms with E-state index in [1.54, 1.807) is 7.05 Å². The molecule has 1 atom stereocenters. The molecule has 4 nitrogen and oxygen atoms in total. The van der Waals surface area contributed by atoms with Crippen LogP contribution >= 0.6 is 0 Å². The maximum absolute atomic E-state index is 5.32. The highest BCUT2D eigenvalue weighted by Gasteiger charge is 2.31. The Hall–Kier alpha value is -8.21. The normalized spacial score (nSPS) is 14.6. The highest BCUT2D eigenvalue weighted by atomic mass is 14.9. The van der Waals surface area contributed by atoms with Crippen molar-refractivity contribution in [2.45, 2.75) is 19.3 Å². The molecule has 0 saturated carbocycles. The monoisotopic (exact) mass is 834 g/mol. The number of benzene rings is 7. The summed E-state index contributed by atoms with van der Waals surface area (Å²) in [6.45, 7) is 2.07. The molecule has 3 aliphatic rings. The van der Waals surface area contributed by atoms with Crippen LogP contribution in [0.5, 0.6) is 0 Å². The fourth-order valence-corrected chi connectivity index (χ4v) is 9.55. The third-order valence-electron chi connectivity index (χ3n) is 12.7. The van der Waals surface area contributed by atoms with Gasteiger partial charge in [-0.15, -0.1) is 0 Å². The second kappa shape index (κ2) is 17.2. The number of hydrogen-bond donors (Lipinski definition) is 1. The van der Waals surface area contributed by atoms with Crippen molar-refractivity contribution in [1.82, 2.24) is 9.97 Å². The fourth-order valence-electron chi connectivity index (χ4n) is 9.55. The first kappa shape index (κ1) is 39.6. The number of rotatable bonds is 10. The number of allylic oxidation sites excluding steroid dienone is 8. The van der Waals surface area contributed by atoms with Crippen LogP contribution in [0.1, 0.15) is 40.7 Å². The van der Waals surface area contributed by atoms with Crippen LogP contribution in [0.25, 0.3) is 79.4 Å². The zero-order valence-electron chi connectivity index (χ0n) is 36.4. The van der Waals surface area contributed by atoms with Gasteiger partial charge < -0.3 is 5.32 Å². The van der Waals surface area contributed by atoms with Crippen LogP contribution in [0.4, 0.5) is 11.4 Å². The Morgan fingerprint density at radius 1 is 0.585 bits per heavy atom. The summed E-state index contributed by atoms with van der Waals surface area (Å²) in [5, 5.41) is 3.76. The van der Waals surface area contributed by atoms with E-state index >= 15 is 0 Å². The van der Waals surface area contributed by atoms with E-state index in [0.29, 0.717) is 5.82 Å². The first-order chi connectivity index (χ1) is 32.1. The van der Waals surface area contributed by atoms with Crippen LogP contribution in [-0.2, 0) is 6.42 Å². The van der Waals surface area contributed by atoms with Crippen molar-refractivity contribution >= 4 is 29.7 Å². The molecule has 0 spiro atoms. The number of aromatic nitrogens is 2. The fraction of sp³-hybridized carbons (Fsp3) is 0.0656. The number of hydrogen-bond acceptors (Lipinski definition) is 4. The van der Waals surface area contributed by atoms with E-state index in [-0.39, 0.29) is 5.92 Å². The molecule has 0 saturated heterocycles. The molecular weight excluding hydrogens is 789 g/mol. The molecule has 0 fully saturated rings. The predicted octanol–water partition coefficient (Wildman–Crippen LogP) is 15.4. The standard InChI is InChI=1S/C61H46N4/c1-3-12-49-33-48(29-32-56(49)63-53-20-11-19-47(37-53)41-23-21-40(22-24-41)39-62-2)50-34-51(54-30-27-45-26-25-43-17-10-18-44-28-31-55(54)60(45)59(43)44)36-52(35-50)58-38-57(42-13-6-4-7-14-42)64-61(65-58)46-15-8-5-9-16-46/h3-25,27-39,59,63H,26H2,1-2H3/b12-3-,62-39?. The van der Waals surface area contributed by atoms with Crippen molar-refractivity contribution in [3.8, 4) is 67.3 Å². The van der Waals surface area contributed by atoms with Crippen LogP contribution in [0.2, 0.25) is 0 Å². The second-order valence-corrected chi connectivity index (χ2v) is 16.8. The van der Waals surface area contributed by atoms with E-state index in [1.165, 1.54) is 33.4 Å². The minimum absolute atomic E-state index is 0.264. The predicted molar refractivity (Wildman–Crippen MR) is 273 cm³/mol. The van der Waals surface area contributed by atoms with Crippen molar-refractivity contribution in [2.75, 3.05) is 12.4 Å². The zero-order chi connectivity index (χ0) is 43.7. The van der Waals surface area contributed by atoms with Crippen LogP contribution in [0.3, 0.4) is 0 Å². The van der Waals surface area contributed by atoms with Crippen molar-refractivity contribution in [1.29, 1.82) is 0 Å². The van der Waals surface area contributed by atoms with Crippen LogP contribution in [0.15, 0.2) is 216 Å². The topological polar surface area (TPSA) is 50.2 Å². The third-order valence-corrected chi connectivity index (χ3v) is 12.7. The molecule has 1 unspecified atom stereocenters.